The highest BCUT2D eigenvalue weighted by Gasteiger charge is 1.99. The smallest absolute Gasteiger partial charge is 0.157 e. The van der Waals surface area contributed by atoms with Crippen LogP contribution in [0, 0.1) is 0 Å². The molecule has 0 aromatic carbocycles. The lowest BCUT2D eigenvalue weighted by Crippen LogP contribution is -1.98. The zero-order valence-corrected chi connectivity index (χ0v) is 7.74. The summed E-state index contributed by atoms with van der Waals surface area (Å²) in [4.78, 5) is 10.9. The maximum atomic E-state index is 10.9. The molecule has 0 N–H and O–H groups in total. The summed E-state index contributed by atoms with van der Waals surface area (Å²) in [5, 5.41) is 0. The van der Waals surface area contributed by atoms with E-state index >= 15 is 0 Å². The fourth-order valence-electron chi connectivity index (χ4n) is 0.639. The van der Waals surface area contributed by atoms with Gasteiger partial charge in [-0.05, 0) is 18.9 Å². The van der Waals surface area contributed by atoms with Crippen LogP contribution in [-0.4, -0.2) is 15.3 Å². The molecule has 0 aliphatic carbocycles. The predicted octanol–water partition coefficient (Wildman–Crippen LogP) is 2.08. The van der Waals surface area contributed by atoms with E-state index in [9.17, 15) is 4.79 Å². The lowest BCUT2D eigenvalue weighted by Gasteiger charge is -1.96. The number of rotatable bonds is 5. The molecule has 0 saturated carbocycles. The van der Waals surface area contributed by atoms with E-state index in [-0.39, 0.29) is 5.78 Å². The first-order valence-electron chi connectivity index (χ1n) is 3.51. The van der Waals surface area contributed by atoms with Crippen molar-refractivity contribution in [3.63, 3.8) is 0 Å². The summed E-state index contributed by atoms with van der Waals surface area (Å²) in [5.74, 6) is 0.221. The molecule has 0 unspecified atom stereocenters. The van der Waals surface area contributed by atoms with Crippen LogP contribution in [-0.2, 0) is 4.79 Å². The van der Waals surface area contributed by atoms with Crippen LogP contribution in [0.3, 0.4) is 0 Å². The SMILES string of the molecule is C=C(C)C(=O)CCC[Si]C. The lowest BCUT2D eigenvalue weighted by atomic mass is 10.1. The minimum absolute atomic E-state index is 0.221. The van der Waals surface area contributed by atoms with Gasteiger partial charge in [0.2, 0.25) is 0 Å². The second kappa shape index (κ2) is 5.41. The van der Waals surface area contributed by atoms with E-state index in [0.29, 0.717) is 12.0 Å². The molecular formula is C8H14OSi. The van der Waals surface area contributed by atoms with E-state index in [4.69, 9.17) is 0 Å². The number of carbonyl (C=O) groups is 1. The Balaban J connectivity index is 3.31. The Morgan fingerprint density at radius 3 is 2.60 bits per heavy atom. The fourth-order valence-corrected chi connectivity index (χ4v) is 1.17. The molecule has 0 aliphatic heterocycles. The first kappa shape index (κ1) is 9.63. The molecule has 0 saturated heterocycles. The zero-order valence-electron chi connectivity index (χ0n) is 6.74. The van der Waals surface area contributed by atoms with Crippen molar-refractivity contribution in [2.24, 2.45) is 0 Å². The van der Waals surface area contributed by atoms with Gasteiger partial charge in [0.25, 0.3) is 0 Å². The second-order valence-corrected chi connectivity index (χ2v) is 3.62. The molecular weight excluding hydrogens is 140 g/mol. The summed E-state index contributed by atoms with van der Waals surface area (Å²) >= 11 is 0. The van der Waals surface area contributed by atoms with Crippen LogP contribution in [0.2, 0.25) is 12.6 Å². The van der Waals surface area contributed by atoms with Gasteiger partial charge in [-0.1, -0.05) is 19.2 Å². The average molecular weight is 154 g/mol. The van der Waals surface area contributed by atoms with E-state index in [1.807, 2.05) is 0 Å². The highest BCUT2D eigenvalue weighted by atomic mass is 28.2. The molecule has 0 atom stereocenters. The van der Waals surface area contributed by atoms with E-state index < -0.39 is 0 Å². The highest BCUT2D eigenvalue weighted by Crippen LogP contribution is 2.01. The Morgan fingerprint density at radius 2 is 2.20 bits per heavy atom. The third kappa shape index (κ3) is 4.50. The molecule has 0 aromatic heterocycles. The van der Waals surface area contributed by atoms with Gasteiger partial charge in [0, 0.05) is 15.9 Å². The molecule has 0 aliphatic rings. The van der Waals surface area contributed by atoms with Crippen molar-refractivity contribution in [3.8, 4) is 0 Å². The Hall–Kier alpha value is -0.373. The van der Waals surface area contributed by atoms with Crippen LogP contribution in [0.5, 0.6) is 0 Å². The van der Waals surface area contributed by atoms with Gasteiger partial charge < -0.3 is 0 Å². The Bertz CT molecular complexity index is 129. The van der Waals surface area contributed by atoms with E-state index in [2.05, 4.69) is 13.1 Å². The molecule has 0 amide bonds. The summed E-state index contributed by atoms with van der Waals surface area (Å²) in [7, 11) is 0.969. The summed E-state index contributed by atoms with van der Waals surface area (Å²) in [6, 6.07) is 1.18. The molecule has 0 rings (SSSR count). The molecule has 0 bridgehead atoms. The number of hydrogen-bond acceptors (Lipinski definition) is 1. The Kier molecular flexibility index (Phi) is 5.21. The first-order valence-corrected chi connectivity index (χ1v) is 5.22. The molecule has 0 spiro atoms. The van der Waals surface area contributed by atoms with Gasteiger partial charge in [-0.25, -0.2) is 0 Å². The van der Waals surface area contributed by atoms with Crippen molar-refractivity contribution in [3.05, 3.63) is 12.2 Å². The van der Waals surface area contributed by atoms with Gasteiger partial charge in [0.15, 0.2) is 5.78 Å². The largest absolute Gasteiger partial charge is 0.295 e. The molecule has 0 fully saturated rings. The maximum absolute atomic E-state index is 10.9. The van der Waals surface area contributed by atoms with Gasteiger partial charge in [-0.15, -0.1) is 0 Å². The molecule has 1 nitrogen and oxygen atoms in total. The van der Waals surface area contributed by atoms with Crippen LogP contribution in [0.4, 0.5) is 0 Å². The van der Waals surface area contributed by atoms with Gasteiger partial charge in [0.05, 0.1) is 0 Å². The van der Waals surface area contributed by atoms with Crippen molar-refractivity contribution in [1.29, 1.82) is 0 Å². The summed E-state index contributed by atoms with van der Waals surface area (Å²) in [5.41, 5.74) is 0.694. The average Bonchev–Trinajstić information content (AvgIpc) is 1.88. The third-order valence-electron chi connectivity index (χ3n) is 1.31. The second-order valence-electron chi connectivity index (χ2n) is 2.41. The number of Topliss-reactive ketones (excluding diaryl/α,β-unsaturated/α-hetero) is 1. The molecule has 0 aromatic rings. The Morgan fingerprint density at radius 1 is 1.60 bits per heavy atom. The van der Waals surface area contributed by atoms with E-state index in [0.717, 1.165) is 15.9 Å². The van der Waals surface area contributed by atoms with Gasteiger partial charge in [-0.2, -0.15) is 0 Å². The Labute approximate surface area is 65.3 Å². The predicted molar refractivity (Wildman–Crippen MR) is 45.5 cm³/mol. The minimum Gasteiger partial charge on any atom is -0.295 e. The highest BCUT2D eigenvalue weighted by molar-refractivity contribution is 6.33. The summed E-state index contributed by atoms with van der Waals surface area (Å²) < 4.78 is 0. The molecule has 56 valence electrons. The van der Waals surface area contributed by atoms with Crippen LogP contribution < -0.4 is 0 Å². The minimum atomic E-state index is 0.221. The van der Waals surface area contributed by atoms with Crippen LogP contribution >= 0.6 is 0 Å². The number of hydrogen-bond donors (Lipinski definition) is 0. The molecule has 2 heteroatoms. The topological polar surface area (TPSA) is 17.1 Å². The number of carbonyl (C=O) groups excluding carboxylic acids is 1. The normalized spacial score (nSPS) is 9.40. The van der Waals surface area contributed by atoms with E-state index in [1.165, 1.54) is 6.04 Å². The first-order chi connectivity index (χ1) is 4.68. The summed E-state index contributed by atoms with van der Waals surface area (Å²) in [6.45, 7) is 7.52. The number of allylic oxidation sites excluding steroid dienone is 1. The van der Waals surface area contributed by atoms with Gasteiger partial charge in [-0.3, -0.25) is 4.79 Å². The number of ketones is 1. The quantitative estimate of drug-likeness (QED) is 0.336. The molecule has 10 heavy (non-hydrogen) atoms. The van der Waals surface area contributed by atoms with Crippen molar-refractivity contribution < 1.29 is 4.79 Å². The van der Waals surface area contributed by atoms with Crippen LogP contribution in [0.1, 0.15) is 19.8 Å². The standard InChI is InChI=1S/C8H14OSi/c1-7(2)8(9)5-4-6-10-3/h1,4-6H2,2-3H3. The van der Waals surface area contributed by atoms with Crippen LogP contribution in [0.25, 0.3) is 0 Å². The van der Waals surface area contributed by atoms with Gasteiger partial charge >= 0.3 is 0 Å². The fraction of sp³-hybridized carbons (Fsp3) is 0.625. The lowest BCUT2D eigenvalue weighted by molar-refractivity contribution is -0.115. The monoisotopic (exact) mass is 154 g/mol. The summed E-state index contributed by atoms with van der Waals surface area (Å²) in [6.07, 6.45) is 1.72. The van der Waals surface area contributed by atoms with Crippen molar-refractivity contribution in [2.75, 3.05) is 0 Å². The third-order valence-corrected chi connectivity index (χ3v) is 2.16. The molecule has 2 radical (unpaired) electrons. The van der Waals surface area contributed by atoms with Crippen molar-refractivity contribution >= 4 is 15.3 Å². The molecule has 0 heterocycles. The van der Waals surface area contributed by atoms with E-state index in [1.54, 1.807) is 6.92 Å². The maximum Gasteiger partial charge on any atom is 0.157 e. The van der Waals surface area contributed by atoms with Crippen molar-refractivity contribution in [2.45, 2.75) is 32.4 Å². The van der Waals surface area contributed by atoms with Gasteiger partial charge in [0.1, 0.15) is 0 Å². The van der Waals surface area contributed by atoms with Crippen LogP contribution in [0.15, 0.2) is 12.2 Å². The zero-order chi connectivity index (χ0) is 7.98. The van der Waals surface area contributed by atoms with Crippen molar-refractivity contribution in [1.82, 2.24) is 0 Å².